The number of amides is 1. The summed E-state index contributed by atoms with van der Waals surface area (Å²) in [4.78, 5) is 28.4. The van der Waals surface area contributed by atoms with E-state index in [1.807, 2.05) is 0 Å². The van der Waals surface area contributed by atoms with Gasteiger partial charge in [0.1, 0.15) is 11.2 Å². The maximum atomic E-state index is 11.4. The molecule has 2 heterocycles. The van der Waals surface area contributed by atoms with Crippen LogP contribution in [0, 0.1) is 0 Å². The Hall–Kier alpha value is -2.17. The molecule has 0 bridgehead atoms. The maximum absolute atomic E-state index is 11.4. The zero-order valence-electron chi connectivity index (χ0n) is 7.15. The van der Waals surface area contributed by atoms with Crippen molar-refractivity contribution in [2.45, 2.75) is 0 Å². The number of H-pyrrole nitrogens is 1. The molecule has 5 heteroatoms. The lowest BCUT2D eigenvalue weighted by atomic mass is 10.2. The standard InChI is InChI=1S/C9H7N3O2/c10-8(13)6-4-5-2-1-3-11-7(5)9(14)12-6/h1-4H,(H2,10,13)(H,12,14). The minimum atomic E-state index is -0.659. The summed E-state index contributed by atoms with van der Waals surface area (Å²) < 4.78 is 0. The molecule has 0 saturated heterocycles. The van der Waals surface area contributed by atoms with Gasteiger partial charge in [-0.05, 0) is 12.1 Å². The van der Waals surface area contributed by atoms with E-state index in [0.29, 0.717) is 10.9 Å². The molecule has 0 spiro atoms. The molecule has 0 fully saturated rings. The Balaban J connectivity index is 2.86. The molecule has 0 aliphatic heterocycles. The fraction of sp³-hybridized carbons (Fsp3) is 0. The molecule has 0 aliphatic rings. The van der Waals surface area contributed by atoms with Gasteiger partial charge in [-0.1, -0.05) is 6.07 Å². The zero-order valence-corrected chi connectivity index (χ0v) is 7.15. The van der Waals surface area contributed by atoms with Gasteiger partial charge in [0.15, 0.2) is 0 Å². The normalized spacial score (nSPS) is 10.3. The molecular formula is C9H7N3O2. The smallest absolute Gasteiger partial charge is 0.275 e. The summed E-state index contributed by atoms with van der Waals surface area (Å²) in [6, 6.07) is 4.89. The first-order valence-electron chi connectivity index (χ1n) is 3.96. The largest absolute Gasteiger partial charge is 0.364 e. The van der Waals surface area contributed by atoms with Crippen molar-refractivity contribution in [1.82, 2.24) is 9.97 Å². The molecule has 1 amide bonds. The van der Waals surface area contributed by atoms with Gasteiger partial charge in [0.25, 0.3) is 11.5 Å². The van der Waals surface area contributed by atoms with Gasteiger partial charge in [0.2, 0.25) is 0 Å². The van der Waals surface area contributed by atoms with E-state index in [1.54, 1.807) is 12.1 Å². The van der Waals surface area contributed by atoms with Crippen molar-refractivity contribution in [1.29, 1.82) is 0 Å². The van der Waals surface area contributed by atoms with Crippen molar-refractivity contribution in [2.75, 3.05) is 0 Å². The summed E-state index contributed by atoms with van der Waals surface area (Å²) in [6.45, 7) is 0. The van der Waals surface area contributed by atoms with E-state index in [4.69, 9.17) is 5.73 Å². The van der Waals surface area contributed by atoms with Gasteiger partial charge in [-0.3, -0.25) is 14.6 Å². The number of aromatic nitrogens is 2. The Morgan fingerprint density at radius 3 is 3.00 bits per heavy atom. The molecule has 0 saturated carbocycles. The van der Waals surface area contributed by atoms with Crippen LogP contribution in [0.5, 0.6) is 0 Å². The van der Waals surface area contributed by atoms with E-state index in [0.717, 1.165) is 0 Å². The number of carbonyl (C=O) groups excluding carboxylic acids is 1. The Bertz CT molecular complexity index is 559. The van der Waals surface area contributed by atoms with Crippen LogP contribution in [0.4, 0.5) is 0 Å². The quantitative estimate of drug-likeness (QED) is 0.662. The number of fused-ring (bicyclic) bond motifs is 1. The van der Waals surface area contributed by atoms with Gasteiger partial charge in [-0.2, -0.15) is 0 Å². The van der Waals surface area contributed by atoms with Crippen LogP contribution in [0.3, 0.4) is 0 Å². The van der Waals surface area contributed by atoms with Crippen LogP contribution in [0.1, 0.15) is 10.5 Å². The van der Waals surface area contributed by atoms with E-state index in [-0.39, 0.29) is 5.69 Å². The summed E-state index contributed by atoms with van der Waals surface area (Å²) in [6.07, 6.45) is 1.52. The number of nitrogens with two attached hydrogens (primary N) is 1. The summed E-state index contributed by atoms with van der Waals surface area (Å²) >= 11 is 0. The number of nitrogens with one attached hydrogen (secondary N) is 1. The number of nitrogens with zero attached hydrogens (tertiary/aromatic N) is 1. The molecule has 0 aromatic carbocycles. The molecule has 2 aromatic heterocycles. The lowest BCUT2D eigenvalue weighted by Crippen LogP contribution is -2.19. The molecule has 0 radical (unpaired) electrons. The molecule has 5 nitrogen and oxygen atoms in total. The van der Waals surface area contributed by atoms with E-state index >= 15 is 0 Å². The average Bonchev–Trinajstić information content (AvgIpc) is 2.17. The van der Waals surface area contributed by atoms with Gasteiger partial charge in [-0.25, -0.2) is 0 Å². The Morgan fingerprint density at radius 2 is 2.29 bits per heavy atom. The molecule has 0 aliphatic carbocycles. The molecular weight excluding hydrogens is 182 g/mol. The number of primary amides is 1. The minimum absolute atomic E-state index is 0.0931. The number of hydrogen-bond acceptors (Lipinski definition) is 3. The van der Waals surface area contributed by atoms with Crippen molar-refractivity contribution >= 4 is 16.8 Å². The van der Waals surface area contributed by atoms with E-state index < -0.39 is 11.5 Å². The highest BCUT2D eigenvalue weighted by Gasteiger charge is 2.05. The van der Waals surface area contributed by atoms with Crippen molar-refractivity contribution in [3.05, 3.63) is 40.4 Å². The van der Waals surface area contributed by atoms with Crippen LogP contribution in [-0.2, 0) is 0 Å². The summed E-state index contributed by atoms with van der Waals surface area (Å²) in [7, 11) is 0. The van der Waals surface area contributed by atoms with Crippen LogP contribution >= 0.6 is 0 Å². The van der Waals surface area contributed by atoms with Crippen LogP contribution in [-0.4, -0.2) is 15.9 Å². The summed E-state index contributed by atoms with van der Waals surface area (Å²) in [5.41, 5.74) is 5.03. The summed E-state index contributed by atoms with van der Waals surface area (Å²) in [5.74, 6) is -0.659. The molecule has 70 valence electrons. The van der Waals surface area contributed by atoms with Crippen LogP contribution in [0.2, 0.25) is 0 Å². The van der Waals surface area contributed by atoms with Gasteiger partial charge >= 0.3 is 0 Å². The lowest BCUT2D eigenvalue weighted by Gasteiger charge is -1.98. The average molecular weight is 189 g/mol. The number of carbonyl (C=O) groups is 1. The predicted molar refractivity (Wildman–Crippen MR) is 50.9 cm³/mol. The van der Waals surface area contributed by atoms with Crippen molar-refractivity contribution in [2.24, 2.45) is 5.73 Å². The van der Waals surface area contributed by atoms with Gasteiger partial charge in [0, 0.05) is 11.6 Å². The Kier molecular flexibility index (Phi) is 1.78. The van der Waals surface area contributed by atoms with E-state index in [9.17, 15) is 9.59 Å². The minimum Gasteiger partial charge on any atom is -0.364 e. The second kappa shape index (κ2) is 2.95. The van der Waals surface area contributed by atoms with E-state index in [2.05, 4.69) is 9.97 Å². The van der Waals surface area contributed by atoms with Gasteiger partial charge < -0.3 is 10.7 Å². The van der Waals surface area contributed by atoms with Crippen LogP contribution < -0.4 is 11.3 Å². The van der Waals surface area contributed by atoms with Crippen molar-refractivity contribution < 1.29 is 4.79 Å². The number of aromatic amines is 1. The molecule has 2 aromatic rings. The second-order valence-corrected chi connectivity index (χ2v) is 2.82. The Labute approximate surface area is 78.6 Å². The highest BCUT2D eigenvalue weighted by atomic mass is 16.1. The van der Waals surface area contributed by atoms with Gasteiger partial charge in [0.05, 0.1) is 0 Å². The molecule has 14 heavy (non-hydrogen) atoms. The first-order chi connectivity index (χ1) is 6.68. The third kappa shape index (κ3) is 1.24. The third-order valence-electron chi connectivity index (χ3n) is 1.87. The number of rotatable bonds is 1. The first kappa shape index (κ1) is 8.43. The highest BCUT2D eigenvalue weighted by molar-refractivity contribution is 5.94. The molecule has 2 rings (SSSR count). The fourth-order valence-electron chi connectivity index (χ4n) is 1.23. The second-order valence-electron chi connectivity index (χ2n) is 2.82. The topological polar surface area (TPSA) is 88.8 Å². The third-order valence-corrected chi connectivity index (χ3v) is 1.87. The Morgan fingerprint density at radius 1 is 1.50 bits per heavy atom. The van der Waals surface area contributed by atoms with E-state index in [1.165, 1.54) is 12.3 Å². The molecule has 0 atom stereocenters. The molecule has 3 N–H and O–H groups in total. The SMILES string of the molecule is NC(=O)c1cc2cccnc2c(=O)[nH]1. The first-order valence-corrected chi connectivity index (χ1v) is 3.96. The van der Waals surface area contributed by atoms with Gasteiger partial charge in [-0.15, -0.1) is 0 Å². The number of pyridine rings is 2. The maximum Gasteiger partial charge on any atom is 0.275 e. The van der Waals surface area contributed by atoms with Crippen molar-refractivity contribution in [3.8, 4) is 0 Å². The number of hydrogen-bond donors (Lipinski definition) is 2. The zero-order chi connectivity index (χ0) is 10.1. The summed E-state index contributed by atoms with van der Waals surface area (Å²) in [5, 5.41) is 0.602. The predicted octanol–water partition coefficient (Wildman–Crippen LogP) is 0.0220. The molecule has 0 unspecified atom stereocenters. The van der Waals surface area contributed by atoms with Crippen LogP contribution in [0.15, 0.2) is 29.2 Å². The van der Waals surface area contributed by atoms with Crippen LogP contribution in [0.25, 0.3) is 10.9 Å². The fourth-order valence-corrected chi connectivity index (χ4v) is 1.23. The highest BCUT2D eigenvalue weighted by Crippen LogP contribution is 2.06. The van der Waals surface area contributed by atoms with Crippen molar-refractivity contribution in [3.63, 3.8) is 0 Å². The monoisotopic (exact) mass is 189 g/mol. The lowest BCUT2D eigenvalue weighted by molar-refractivity contribution is 0.0995.